The molecule has 0 aromatic carbocycles. The molecular formula is C6H3ClN4O6. The monoisotopic (exact) mass is 262 g/mol. The highest BCUT2D eigenvalue weighted by Gasteiger charge is 2.57. The predicted molar refractivity (Wildman–Crippen MR) is 51.6 cm³/mol. The van der Waals surface area contributed by atoms with E-state index in [2.05, 4.69) is 10.1 Å². The summed E-state index contributed by atoms with van der Waals surface area (Å²) in [4.78, 5) is 21.3. The Labute approximate surface area is 97.2 Å². The zero-order valence-corrected chi connectivity index (χ0v) is 8.58. The van der Waals surface area contributed by atoms with E-state index in [1.54, 1.807) is 0 Å². The quantitative estimate of drug-likeness (QED) is 0.221. The van der Waals surface area contributed by atoms with Crippen LogP contribution in [-0.2, 0) is 4.94 Å². The highest BCUT2D eigenvalue weighted by molar-refractivity contribution is 6.39. The number of nitrogens with one attached hydrogen (secondary N) is 1. The average Bonchev–Trinajstić information content (AvgIpc) is 2.61. The fraction of sp³-hybridized carbons (Fsp3) is 0.167. The molecule has 2 unspecified atom stereocenters. The number of alkyl halides is 1. The van der Waals surface area contributed by atoms with Crippen molar-refractivity contribution >= 4 is 17.3 Å². The molecule has 0 aromatic rings. The largest absolute Gasteiger partial charge is 0.584 e. The van der Waals surface area contributed by atoms with Gasteiger partial charge in [0.25, 0.3) is 5.70 Å². The van der Waals surface area contributed by atoms with Gasteiger partial charge in [0.1, 0.15) is 0 Å². The Morgan fingerprint density at radius 3 is 2.65 bits per heavy atom. The van der Waals surface area contributed by atoms with Crippen LogP contribution in [-0.4, -0.2) is 20.6 Å². The van der Waals surface area contributed by atoms with Crippen molar-refractivity contribution in [1.29, 1.82) is 0 Å². The molecular weight excluding hydrogens is 260 g/mol. The van der Waals surface area contributed by atoms with Crippen molar-refractivity contribution in [2.75, 3.05) is 0 Å². The molecule has 11 heteroatoms. The van der Waals surface area contributed by atoms with Gasteiger partial charge in [0.05, 0.1) is 22.0 Å². The van der Waals surface area contributed by atoms with E-state index < -0.39 is 31.5 Å². The first kappa shape index (κ1) is 11.4. The summed E-state index contributed by atoms with van der Waals surface area (Å²) in [5.41, 5.74) is -1.50. The first-order valence-electron chi connectivity index (χ1n) is 4.09. The Hall–Kier alpha value is -2.04. The molecule has 0 saturated heterocycles. The van der Waals surface area contributed by atoms with Gasteiger partial charge in [-0.3, -0.25) is 20.2 Å². The van der Waals surface area contributed by atoms with Crippen molar-refractivity contribution in [1.82, 2.24) is 0 Å². The molecule has 0 aromatic heterocycles. The van der Waals surface area contributed by atoms with E-state index in [0.717, 1.165) is 6.08 Å². The standard InChI is InChI=1S/C6H3ClN4O6/c7-6(11(15)16)2-3(9(12)13)1-4-5(6)8-17-10(4)14/h1-2,10H. The number of nitrogens with zero attached hydrogens (tertiary/aromatic N) is 3. The molecule has 2 atom stereocenters. The minimum Gasteiger partial charge on any atom is -0.584 e. The molecule has 10 nitrogen and oxygen atoms in total. The molecule has 1 aliphatic carbocycles. The van der Waals surface area contributed by atoms with Crippen LogP contribution >= 0.6 is 11.6 Å². The summed E-state index contributed by atoms with van der Waals surface area (Å²) in [6.07, 6.45) is 1.43. The van der Waals surface area contributed by atoms with Gasteiger partial charge in [-0.1, -0.05) is 0 Å². The number of nitro groups is 2. The van der Waals surface area contributed by atoms with Crippen molar-refractivity contribution in [2.24, 2.45) is 5.16 Å². The lowest BCUT2D eigenvalue weighted by Gasteiger charge is -2.17. The molecule has 1 N–H and O–H groups in total. The number of hydroxylamine groups is 2. The summed E-state index contributed by atoms with van der Waals surface area (Å²) < 4.78 is 0. The number of hydrogen-bond acceptors (Lipinski definition) is 7. The van der Waals surface area contributed by atoms with Gasteiger partial charge in [0.15, 0.2) is 0 Å². The molecule has 17 heavy (non-hydrogen) atoms. The zero-order valence-electron chi connectivity index (χ0n) is 7.82. The lowest BCUT2D eigenvalue weighted by atomic mass is 10.0. The second-order valence-electron chi connectivity index (χ2n) is 3.13. The normalized spacial score (nSPS) is 30.7. The predicted octanol–water partition coefficient (Wildman–Crippen LogP) is -1.06. The van der Waals surface area contributed by atoms with Crippen molar-refractivity contribution in [2.45, 2.75) is 5.00 Å². The molecule has 0 radical (unpaired) electrons. The lowest BCUT2D eigenvalue weighted by Crippen LogP contribution is -3.03. The number of rotatable bonds is 2. The van der Waals surface area contributed by atoms with Crippen LogP contribution in [0.4, 0.5) is 0 Å². The summed E-state index contributed by atoms with van der Waals surface area (Å²) in [6.45, 7) is 0. The molecule has 2 aliphatic rings. The van der Waals surface area contributed by atoms with Crippen molar-refractivity contribution in [3.05, 3.63) is 49.0 Å². The highest BCUT2D eigenvalue weighted by Crippen LogP contribution is 2.30. The molecule has 0 spiro atoms. The van der Waals surface area contributed by atoms with E-state index in [9.17, 15) is 25.4 Å². The SMILES string of the molecule is O=[N+]([O-])C1=CC(Cl)([N+](=O)[O-])C2=NO[NH+]([O-])C2=C1. The summed E-state index contributed by atoms with van der Waals surface area (Å²) >= 11 is 5.63. The van der Waals surface area contributed by atoms with Crippen molar-refractivity contribution in [3.63, 3.8) is 0 Å². The summed E-state index contributed by atoms with van der Waals surface area (Å²) in [5, 5.41) is 34.7. The minimum atomic E-state index is -2.46. The highest BCUT2D eigenvalue weighted by atomic mass is 35.5. The smallest absolute Gasteiger partial charge is 0.372 e. The lowest BCUT2D eigenvalue weighted by molar-refractivity contribution is -1.01. The van der Waals surface area contributed by atoms with Gasteiger partial charge in [-0.05, 0) is 16.8 Å². The number of hydrogen-bond donors (Lipinski definition) is 1. The molecule has 90 valence electrons. The van der Waals surface area contributed by atoms with Crippen LogP contribution in [0.15, 0.2) is 28.7 Å². The molecule has 0 saturated carbocycles. The van der Waals surface area contributed by atoms with Crippen LogP contribution < -0.4 is 5.23 Å². The first-order chi connectivity index (χ1) is 7.86. The summed E-state index contributed by atoms with van der Waals surface area (Å²) in [5.74, 6) is 0. The van der Waals surface area contributed by atoms with Gasteiger partial charge in [0.2, 0.25) is 11.4 Å². The molecule has 0 fully saturated rings. The van der Waals surface area contributed by atoms with Gasteiger partial charge in [0, 0.05) is 0 Å². The maximum Gasteiger partial charge on any atom is 0.372 e. The maximum absolute atomic E-state index is 11.2. The molecule has 0 amide bonds. The van der Waals surface area contributed by atoms with Gasteiger partial charge >= 0.3 is 5.00 Å². The van der Waals surface area contributed by atoms with E-state index in [-0.39, 0.29) is 5.70 Å². The van der Waals surface area contributed by atoms with Crippen LogP contribution in [0.2, 0.25) is 0 Å². The Balaban J connectivity index is 2.60. The topological polar surface area (TPSA) is 135 Å². The third kappa shape index (κ3) is 1.54. The Kier molecular flexibility index (Phi) is 2.34. The van der Waals surface area contributed by atoms with Gasteiger partial charge in [-0.2, -0.15) is 4.94 Å². The Bertz CT molecular complexity index is 513. The fourth-order valence-corrected chi connectivity index (χ4v) is 1.61. The maximum atomic E-state index is 11.2. The molecule has 1 aliphatic heterocycles. The van der Waals surface area contributed by atoms with Crippen LogP contribution in [0.5, 0.6) is 0 Å². The zero-order chi connectivity index (χ0) is 12.8. The second kappa shape index (κ2) is 3.48. The first-order valence-corrected chi connectivity index (χ1v) is 4.46. The number of halogens is 1. The fourth-order valence-electron chi connectivity index (χ4n) is 1.36. The summed E-state index contributed by atoms with van der Waals surface area (Å²) in [6, 6.07) is 0. The minimum absolute atomic E-state index is 0.383. The molecule has 1 heterocycles. The van der Waals surface area contributed by atoms with Gasteiger partial charge < -0.3 is 5.21 Å². The van der Waals surface area contributed by atoms with E-state index in [0.29, 0.717) is 6.08 Å². The van der Waals surface area contributed by atoms with E-state index in [1.165, 1.54) is 0 Å². The van der Waals surface area contributed by atoms with Crippen LogP contribution in [0.25, 0.3) is 0 Å². The third-order valence-electron chi connectivity index (χ3n) is 2.13. The van der Waals surface area contributed by atoms with E-state index >= 15 is 0 Å². The summed E-state index contributed by atoms with van der Waals surface area (Å²) in [7, 11) is 0. The Morgan fingerprint density at radius 1 is 1.47 bits per heavy atom. The number of oxime groups is 1. The third-order valence-corrected chi connectivity index (χ3v) is 2.56. The van der Waals surface area contributed by atoms with Crippen LogP contribution in [0, 0.1) is 25.4 Å². The second-order valence-corrected chi connectivity index (χ2v) is 3.71. The Morgan fingerprint density at radius 2 is 2.12 bits per heavy atom. The number of allylic oxidation sites excluding steroid dienone is 1. The average molecular weight is 263 g/mol. The molecule has 2 rings (SSSR count). The van der Waals surface area contributed by atoms with E-state index in [1.807, 2.05) is 0 Å². The van der Waals surface area contributed by atoms with Crippen LogP contribution in [0.3, 0.4) is 0 Å². The van der Waals surface area contributed by atoms with E-state index in [4.69, 9.17) is 11.6 Å². The van der Waals surface area contributed by atoms with Crippen molar-refractivity contribution < 1.29 is 20.0 Å². The van der Waals surface area contributed by atoms with Crippen LogP contribution in [0.1, 0.15) is 0 Å². The van der Waals surface area contributed by atoms with Crippen molar-refractivity contribution in [3.8, 4) is 0 Å². The van der Waals surface area contributed by atoms with Gasteiger partial charge in [-0.25, -0.2) is 0 Å². The number of quaternary nitrogens is 1. The number of fused-ring (bicyclic) bond motifs is 1. The molecule has 0 bridgehead atoms. The van der Waals surface area contributed by atoms with Gasteiger partial charge in [-0.15, -0.1) is 5.23 Å².